The summed E-state index contributed by atoms with van der Waals surface area (Å²) >= 11 is 66.4. The first-order valence-corrected chi connectivity index (χ1v) is 53.1. The van der Waals surface area contributed by atoms with Crippen LogP contribution in [0, 0.1) is 27.7 Å². The fraction of sp³-hybridized carbons (Fsp3) is 0.229. The summed E-state index contributed by atoms with van der Waals surface area (Å²) in [5, 5.41) is 27.0. The minimum absolute atomic E-state index is 0.0597. The number of hydrogen-bond donors (Lipinski definition) is 2. The Bertz CT molecular complexity index is 6830. The third-order valence-corrected chi connectivity index (χ3v) is 30.7. The second-order valence-corrected chi connectivity index (χ2v) is 43.8. The van der Waals surface area contributed by atoms with Crippen molar-refractivity contribution in [2.75, 3.05) is 39.2 Å². The predicted molar refractivity (Wildman–Crippen MR) is 622 cm³/mol. The molecular weight excluding hydrogens is 2200 g/mol. The Morgan fingerprint density at radius 2 is 0.642 bits per heavy atom. The summed E-state index contributed by atoms with van der Waals surface area (Å²) in [7, 11) is 0. The molecule has 30 heteroatoms. The van der Waals surface area contributed by atoms with Gasteiger partial charge < -0.3 is 10.2 Å². The minimum Gasteiger partial charge on any atom is -0.480 e. The van der Waals surface area contributed by atoms with E-state index in [1.165, 1.54) is 31.4 Å². The maximum Gasteiger partial charge on any atom is 0.336 e. The lowest BCUT2D eigenvalue weighted by Gasteiger charge is -2.44. The third-order valence-electron chi connectivity index (χ3n) is 26.8. The molecule has 148 heavy (non-hydrogen) atoms. The van der Waals surface area contributed by atoms with E-state index in [1.54, 1.807) is 164 Å². The third kappa shape index (κ3) is 26.2. The molecule has 14 aromatic rings. The normalized spacial score (nSPS) is 19.5. The molecule has 9 amide bonds. The van der Waals surface area contributed by atoms with Gasteiger partial charge in [0.1, 0.15) is 15.9 Å². The first-order valence-electron chi connectivity index (χ1n) is 47.7. The summed E-state index contributed by atoms with van der Waals surface area (Å²) in [4.78, 5) is 99.6. The average Bonchev–Trinajstić information content (AvgIpc) is 1.53. The summed E-state index contributed by atoms with van der Waals surface area (Å²) in [5.74, 6) is -1.06. The van der Waals surface area contributed by atoms with Crippen LogP contribution in [-0.2, 0) is 15.3 Å². The van der Waals surface area contributed by atoms with Gasteiger partial charge in [-0.3, -0.25) is 43.9 Å². The van der Waals surface area contributed by atoms with Gasteiger partial charge in [-0.1, -0.05) is 290 Å². The van der Waals surface area contributed by atoms with Gasteiger partial charge in [-0.05, 0) is 360 Å². The lowest BCUT2D eigenvalue weighted by atomic mass is 9.79. The second kappa shape index (κ2) is 50.4. The topological polar surface area (TPSA) is 194 Å². The van der Waals surface area contributed by atoms with Gasteiger partial charge in [0.05, 0.1) is 45.8 Å². The molecule has 18 rings (SSSR count). The number of hydrogen-bond acceptors (Lipinski definition) is 9. The van der Waals surface area contributed by atoms with Crippen LogP contribution in [0.15, 0.2) is 354 Å². The van der Waals surface area contributed by atoms with E-state index in [0.29, 0.717) is 97.8 Å². The highest BCUT2D eigenvalue weighted by molar-refractivity contribution is 9.10. The molecule has 0 bridgehead atoms. The number of carboxylic acids is 1. The molecule has 0 saturated carbocycles. The summed E-state index contributed by atoms with van der Waals surface area (Å²) < 4.78 is 0.421. The average molecular weight is 2310 g/mol. The molecule has 4 heterocycles. The van der Waals surface area contributed by atoms with Crippen molar-refractivity contribution in [1.82, 2.24) is 0 Å². The Balaban J connectivity index is 0.000000160. The van der Waals surface area contributed by atoms with Gasteiger partial charge in [0, 0.05) is 100 Å². The van der Waals surface area contributed by atoms with Crippen LogP contribution in [0.4, 0.5) is 76.1 Å². The molecule has 4 saturated heterocycles. The molecule has 6 unspecified atom stereocenters. The van der Waals surface area contributed by atoms with Crippen molar-refractivity contribution in [1.29, 1.82) is 0 Å². The van der Waals surface area contributed by atoms with Crippen molar-refractivity contribution in [3.8, 4) is 0 Å². The van der Waals surface area contributed by atoms with Gasteiger partial charge >= 0.3 is 30.1 Å². The van der Waals surface area contributed by atoms with Gasteiger partial charge in [0.2, 0.25) is 0 Å². The lowest BCUT2D eigenvalue weighted by Crippen LogP contribution is -2.57. The number of carboxylic acid groups (broad SMARTS) is 1. The first kappa shape index (κ1) is 115. The Morgan fingerprint density at radius 1 is 0.351 bits per heavy atom. The number of urea groups is 4. The standard InChI is InChI=1S/C25H24Cl2N2O2.2C25H24Cl2N2O.C18H16Cl2N2O2.C13H8Cl2N2.C7H7Br.C5H9BrO2/c1-4-24(3)25(31,18-7-5-6-17(2)16-18)29(22-14-10-20(27)11-15-22)23(30)28(24)21-12-8-19(26)9-13-21;2*1-4-25(3)23(18-7-5-6-17(2)16-18)28(21-12-8-19(26)9-13-21)24(30)29(25)22-14-10-20(27)11-15-22;1-3-18(2)16(23)21(14-8-4-12(19)5-9-14)17(24)22(18)15-10-6-13(20)7-11-15;14-10-1-5-12(6-2-10)16-9-17-13-7-3-11(15)4-8-13;1-6-3-2-4-7(8)5-6;1-3-5(2,6)4(7)8/h5-16,31H,4H2,1-3H3;2*5-16,23H,4H2,1-3H3;4-11H,3H2,1-2H3;1-8H;2-5H,1H3;3H2,1-2H3,(H,7,8)/t;23-,25-;;;;;/m.1...../s1. The maximum absolute atomic E-state index is 14.0. The molecule has 0 aliphatic carbocycles. The summed E-state index contributed by atoms with van der Waals surface area (Å²) in [6.07, 6.45) is 3.16. The van der Waals surface area contributed by atoms with Crippen LogP contribution in [0.5, 0.6) is 0 Å². The Morgan fingerprint density at radius 3 is 0.926 bits per heavy atom. The van der Waals surface area contributed by atoms with E-state index >= 15 is 0 Å². The smallest absolute Gasteiger partial charge is 0.336 e. The number of nitrogens with zero attached hydrogens (tertiary/aromatic N) is 10. The minimum atomic E-state index is -1.63. The van der Waals surface area contributed by atoms with Gasteiger partial charge in [0.15, 0.2) is 5.72 Å². The highest BCUT2D eigenvalue weighted by Crippen LogP contribution is 2.56. The van der Waals surface area contributed by atoms with Crippen molar-refractivity contribution in [2.24, 2.45) is 9.98 Å². The molecule has 0 aromatic heterocycles. The summed E-state index contributed by atoms with van der Waals surface area (Å²) in [5.41, 5.74) is 10.2. The maximum atomic E-state index is 14.0. The number of rotatable bonds is 19. The Hall–Kier alpha value is -11.5. The monoisotopic (exact) mass is 2300 g/mol. The van der Waals surface area contributed by atoms with Gasteiger partial charge in [0.25, 0.3) is 5.91 Å². The first-order chi connectivity index (χ1) is 70.3. The van der Waals surface area contributed by atoms with Crippen molar-refractivity contribution in [3.63, 3.8) is 0 Å². The van der Waals surface area contributed by atoms with Crippen LogP contribution in [0.2, 0.25) is 50.2 Å². The molecule has 0 spiro atoms. The van der Waals surface area contributed by atoms with Crippen molar-refractivity contribution >= 4 is 247 Å². The molecule has 4 aliphatic rings. The van der Waals surface area contributed by atoms with E-state index < -0.39 is 38.2 Å². The highest BCUT2D eigenvalue weighted by Gasteiger charge is 2.66. The molecule has 14 aromatic carbocycles. The number of imide groups is 1. The van der Waals surface area contributed by atoms with E-state index in [2.05, 4.69) is 157 Å². The van der Waals surface area contributed by atoms with E-state index in [0.717, 1.165) is 68.1 Å². The SMILES string of the molecule is CCC(C)(Br)C(=O)O.CCC1(C)C(=O)N(c2ccc(Cl)cc2)C(=O)N1c1ccc(Cl)cc1.CCC1(C)C(c2cccc(C)c2)N(c2ccc(Cl)cc2)C(=O)N1c1ccc(Cl)cc1.CCC1(C)N(c2ccc(Cl)cc2)C(=O)N(c2ccc(Cl)cc2)C1(O)c1cccc(C)c1.CC[C@]1(C)[C@@H](c2cccc(C)c2)N(c2ccc(Cl)cc2)C(=O)N1c1ccc(Cl)cc1.Cc1cccc(Br)c1.Clc1ccc(N=C=Nc2ccc(Cl)cc2)cc1. The largest absolute Gasteiger partial charge is 0.480 e. The fourth-order valence-electron chi connectivity index (χ4n) is 18.0. The number of aliphatic imine (C=N–C) groups is 2. The van der Waals surface area contributed by atoms with Crippen LogP contribution in [0.3, 0.4) is 0 Å². The number of amides is 9. The number of benzene rings is 14. The lowest BCUT2D eigenvalue weighted by molar-refractivity contribution is -0.139. The molecular formula is C118H112Br2Cl10N10O8. The molecule has 4 fully saturated rings. The zero-order valence-corrected chi connectivity index (χ0v) is 94.6. The van der Waals surface area contributed by atoms with Crippen LogP contribution >= 0.6 is 148 Å². The molecule has 0 radical (unpaired) electrons. The molecule has 766 valence electrons. The molecule has 2 N–H and O–H groups in total. The van der Waals surface area contributed by atoms with Crippen molar-refractivity contribution < 1.29 is 39.0 Å². The van der Waals surface area contributed by atoms with Crippen LogP contribution in [0.1, 0.15) is 152 Å². The zero-order chi connectivity index (χ0) is 108. The predicted octanol–water partition coefficient (Wildman–Crippen LogP) is 36.7. The van der Waals surface area contributed by atoms with Crippen LogP contribution in [-0.4, -0.2) is 78.7 Å². The van der Waals surface area contributed by atoms with Crippen molar-refractivity contribution in [2.45, 2.75) is 173 Å². The van der Waals surface area contributed by atoms with Gasteiger partial charge in [-0.2, -0.15) is 9.98 Å². The number of halogens is 12. The van der Waals surface area contributed by atoms with E-state index in [-0.39, 0.29) is 42.1 Å². The quantitative estimate of drug-likeness (QED) is 0.0453. The van der Waals surface area contributed by atoms with Gasteiger partial charge in [-0.15, -0.1) is 0 Å². The Labute approximate surface area is 933 Å². The Kier molecular flexibility index (Phi) is 39.2. The van der Waals surface area contributed by atoms with E-state index in [9.17, 15) is 33.9 Å². The number of anilines is 8. The summed E-state index contributed by atoms with van der Waals surface area (Å²) in [6, 6.07) is 106. The fourth-order valence-corrected chi connectivity index (χ4v) is 19.8. The zero-order valence-electron chi connectivity index (χ0n) is 83.9. The van der Waals surface area contributed by atoms with Crippen LogP contribution in [0.25, 0.3) is 0 Å². The number of aliphatic carboxylic acids is 1. The molecule has 18 nitrogen and oxygen atoms in total. The number of aryl methyl sites for hydroxylation is 4. The van der Waals surface area contributed by atoms with Crippen molar-refractivity contribution in [3.05, 3.63) is 433 Å². The number of aliphatic hydroxyl groups is 1. The second-order valence-electron chi connectivity index (χ2n) is 36.8. The number of carbonyl (C=O) groups excluding carboxylic acids is 5. The van der Waals surface area contributed by atoms with Crippen LogP contribution < -0.4 is 39.2 Å². The van der Waals surface area contributed by atoms with E-state index in [4.69, 9.17) is 121 Å². The number of carbonyl (C=O) groups is 6. The molecule has 8 atom stereocenters. The van der Waals surface area contributed by atoms with E-state index in [1.807, 2.05) is 188 Å². The molecule has 4 aliphatic heterocycles. The summed E-state index contributed by atoms with van der Waals surface area (Å²) in [6.45, 7) is 27.8. The van der Waals surface area contributed by atoms with Gasteiger partial charge in [-0.25, -0.2) is 24.1 Å². The highest BCUT2D eigenvalue weighted by atomic mass is 79.9. The number of alkyl halides is 1.